The lowest BCUT2D eigenvalue weighted by Gasteiger charge is -2.18. The van der Waals surface area contributed by atoms with E-state index in [9.17, 15) is 9.59 Å². The van der Waals surface area contributed by atoms with Gasteiger partial charge in [0.25, 0.3) is 0 Å². The van der Waals surface area contributed by atoms with Crippen LogP contribution in [-0.4, -0.2) is 23.3 Å². The van der Waals surface area contributed by atoms with E-state index in [1.807, 2.05) is 48.5 Å². The zero-order valence-corrected chi connectivity index (χ0v) is 13.7. The van der Waals surface area contributed by atoms with Gasteiger partial charge >= 0.3 is 0 Å². The Hall–Kier alpha value is -2.59. The van der Waals surface area contributed by atoms with Crippen molar-refractivity contribution >= 4 is 29.5 Å². The molecule has 2 aromatic rings. The van der Waals surface area contributed by atoms with Gasteiger partial charge in [-0.1, -0.05) is 54.1 Å². The third kappa shape index (κ3) is 3.84. The van der Waals surface area contributed by atoms with E-state index in [0.29, 0.717) is 16.5 Å². The van der Waals surface area contributed by atoms with Crippen LogP contribution < -0.4 is 4.74 Å². The molecule has 1 fully saturated rings. The number of halogens is 1. The highest BCUT2D eigenvalue weighted by atomic mass is 35.5. The van der Waals surface area contributed by atoms with Crippen molar-refractivity contribution in [3.05, 3.63) is 70.9 Å². The number of benzene rings is 2. The molecule has 0 aromatic heterocycles. The molecule has 4 nitrogen and oxygen atoms in total. The van der Waals surface area contributed by atoms with Crippen LogP contribution in [0.25, 0.3) is 6.08 Å². The second-order valence-electron chi connectivity index (χ2n) is 5.43. The van der Waals surface area contributed by atoms with Crippen molar-refractivity contribution in [1.82, 2.24) is 4.90 Å². The van der Waals surface area contributed by atoms with E-state index >= 15 is 0 Å². The number of para-hydroxylation sites is 1. The highest BCUT2D eigenvalue weighted by molar-refractivity contribution is 6.32. The zero-order chi connectivity index (χ0) is 16.9. The first kappa shape index (κ1) is 16.3. The Labute approximate surface area is 145 Å². The molecule has 24 heavy (non-hydrogen) atoms. The molecule has 5 heteroatoms. The first-order valence-corrected chi connectivity index (χ1v) is 8.02. The fourth-order valence-electron chi connectivity index (χ4n) is 2.47. The zero-order valence-electron chi connectivity index (χ0n) is 12.9. The average molecular weight is 342 g/mol. The Morgan fingerprint density at radius 3 is 2.29 bits per heavy atom. The van der Waals surface area contributed by atoms with Gasteiger partial charge in [-0.2, -0.15) is 0 Å². The van der Waals surface area contributed by atoms with E-state index in [0.717, 1.165) is 5.56 Å². The maximum atomic E-state index is 11.9. The molecule has 0 bridgehead atoms. The lowest BCUT2D eigenvalue weighted by atomic mass is 10.2. The van der Waals surface area contributed by atoms with Crippen molar-refractivity contribution in [3.63, 3.8) is 0 Å². The number of ether oxygens (including phenoxy) is 1. The van der Waals surface area contributed by atoms with E-state index in [1.54, 1.807) is 12.1 Å². The first-order chi connectivity index (χ1) is 11.6. The van der Waals surface area contributed by atoms with Gasteiger partial charge in [-0.05, 0) is 23.8 Å². The molecule has 122 valence electrons. The van der Waals surface area contributed by atoms with Gasteiger partial charge in [-0.25, -0.2) is 0 Å². The Morgan fingerprint density at radius 2 is 1.62 bits per heavy atom. The number of carbonyl (C=O) groups excluding carboxylic acids is 2. The molecule has 0 aliphatic carbocycles. The molecule has 1 heterocycles. The topological polar surface area (TPSA) is 46.6 Å². The molecule has 1 aliphatic heterocycles. The molecular weight excluding hydrogens is 326 g/mol. The predicted molar refractivity (Wildman–Crippen MR) is 92.5 cm³/mol. The summed E-state index contributed by atoms with van der Waals surface area (Å²) in [6.45, 7) is 0.0950. The molecule has 3 rings (SSSR count). The van der Waals surface area contributed by atoms with Crippen LogP contribution in [0.3, 0.4) is 0 Å². The molecule has 0 unspecified atom stereocenters. The van der Waals surface area contributed by atoms with Crippen LogP contribution in [0.4, 0.5) is 0 Å². The van der Waals surface area contributed by atoms with E-state index in [-0.39, 0.29) is 31.2 Å². The highest BCUT2D eigenvalue weighted by Crippen LogP contribution is 2.26. The van der Waals surface area contributed by atoms with Gasteiger partial charge in [-0.15, -0.1) is 0 Å². The number of likely N-dealkylation sites (tertiary alicyclic amines) is 1. The molecule has 1 saturated heterocycles. The van der Waals surface area contributed by atoms with Crippen molar-refractivity contribution in [2.24, 2.45) is 0 Å². The van der Waals surface area contributed by atoms with Gasteiger partial charge in [0.05, 0.1) is 11.6 Å². The molecule has 0 atom stereocenters. The fraction of sp³-hybridized carbons (Fsp3) is 0.158. The molecule has 0 N–H and O–H groups in total. The van der Waals surface area contributed by atoms with Crippen LogP contribution in [0.1, 0.15) is 18.4 Å². The summed E-state index contributed by atoms with van der Waals surface area (Å²) in [6.07, 6.45) is 2.31. The first-order valence-electron chi connectivity index (χ1n) is 7.64. The van der Waals surface area contributed by atoms with Crippen molar-refractivity contribution < 1.29 is 14.3 Å². The number of amides is 2. The fourth-order valence-corrected chi connectivity index (χ4v) is 2.64. The van der Waals surface area contributed by atoms with E-state index in [2.05, 4.69) is 0 Å². The number of hydrogen-bond donors (Lipinski definition) is 0. The largest absolute Gasteiger partial charge is 0.458 e. The molecule has 0 saturated carbocycles. The Bertz CT molecular complexity index is 770. The summed E-state index contributed by atoms with van der Waals surface area (Å²) in [7, 11) is 0. The summed E-state index contributed by atoms with van der Waals surface area (Å²) in [5.41, 5.74) is 0.915. The quantitative estimate of drug-likeness (QED) is 0.612. The SMILES string of the molecule is O=C1CCC(=O)N1C/C(=C/c1ccccc1)Oc1ccccc1Cl. The van der Waals surface area contributed by atoms with Crippen molar-refractivity contribution in [1.29, 1.82) is 0 Å². The Morgan fingerprint density at radius 1 is 1.00 bits per heavy atom. The third-order valence-corrected chi connectivity index (χ3v) is 3.99. The molecule has 2 amide bonds. The van der Waals surface area contributed by atoms with Gasteiger partial charge in [-0.3, -0.25) is 14.5 Å². The normalized spacial score (nSPS) is 15.0. The van der Waals surface area contributed by atoms with Gasteiger partial charge in [0.2, 0.25) is 11.8 Å². The maximum absolute atomic E-state index is 11.9. The summed E-state index contributed by atoms with van der Waals surface area (Å²) in [4.78, 5) is 25.0. The number of nitrogens with zero attached hydrogens (tertiary/aromatic N) is 1. The van der Waals surface area contributed by atoms with Crippen molar-refractivity contribution in [2.45, 2.75) is 12.8 Å². The van der Waals surface area contributed by atoms with Gasteiger partial charge in [0, 0.05) is 12.8 Å². The summed E-state index contributed by atoms with van der Waals surface area (Å²) in [6, 6.07) is 16.7. The van der Waals surface area contributed by atoms with Gasteiger partial charge in [0.1, 0.15) is 11.5 Å². The van der Waals surface area contributed by atoms with Gasteiger partial charge in [0.15, 0.2) is 0 Å². The number of rotatable bonds is 5. The van der Waals surface area contributed by atoms with Gasteiger partial charge < -0.3 is 4.74 Å². The Balaban J connectivity index is 1.89. The number of imide groups is 1. The third-order valence-electron chi connectivity index (χ3n) is 3.67. The smallest absolute Gasteiger partial charge is 0.230 e. The van der Waals surface area contributed by atoms with E-state index in [1.165, 1.54) is 4.90 Å². The minimum Gasteiger partial charge on any atom is -0.458 e. The van der Waals surface area contributed by atoms with Crippen molar-refractivity contribution in [2.75, 3.05) is 6.54 Å². The Kier molecular flexibility index (Phi) is 4.96. The maximum Gasteiger partial charge on any atom is 0.230 e. The van der Waals surface area contributed by atoms with Crippen molar-refractivity contribution in [3.8, 4) is 5.75 Å². The summed E-state index contributed by atoms with van der Waals surface area (Å²) in [5.74, 6) is 0.613. The van der Waals surface area contributed by atoms with E-state index < -0.39 is 0 Å². The minimum absolute atomic E-state index is 0.0950. The molecular formula is C19H16ClNO3. The van der Waals surface area contributed by atoms with Crippen LogP contribution in [0.2, 0.25) is 5.02 Å². The summed E-state index contributed by atoms with van der Waals surface area (Å²) >= 11 is 6.15. The minimum atomic E-state index is -0.179. The summed E-state index contributed by atoms with van der Waals surface area (Å²) < 4.78 is 5.89. The molecule has 0 radical (unpaired) electrons. The molecule has 0 spiro atoms. The number of hydrogen-bond acceptors (Lipinski definition) is 3. The summed E-state index contributed by atoms with van der Waals surface area (Å²) in [5, 5.41) is 0.468. The van der Waals surface area contributed by atoms with Crippen LogP contribution in [-0.2, 0) is 9.59 Å². The average Bonchev–Trinajstić information content (AvgIpc) is 2.90. The molecule has 1 aliphatic rings. The number of carbonyl (C=O) groups is 2. The van der Waals surface area contributed by atoms with Crippen LogP contribution in [0.15, 0.2) is 60.4 Å². The second-order valence-corrected chi connectivity index (χ2v) is 5.83. The molecule has 2 aromatic carbocycles. The van der Waals surface area contributed by atoms with Crippen LogP contribution in [0.5, 0.6) is 5.75 Å². The predicted octanol–water partition coefficient (Wildman–Crippen LogP) is 3.91. The lowest BCUT2D eigenvalue weighted by molar-refractivity contribution is -0.138. The highest BCUT2D eigenvalue weighted by Gasteiger charge is 2.30. The monoisotopic (exact) mass is 341 g/mol. The standard InChI is InChI=1S/C19H16ClNO3/c20-16-8-4-5-9-17(16)24-15(12-14-6-2-1-3-7-14)13-21-18(22)10-11-19(21)23/h1-9,12H,10-11,13H2/b15-12-. The van der Waals surface area contributed by atoms with E-state index in [4.69, 9.17) is 16.3 Å². The second kappa shape index (κ2) is 7.32. The van der Waals surface area contributed by atoms with Crippen LogP contribution in [0, 0.1) is 0 Å². The van der Waals surface area contributed by atoms with Crippen LogP contribution >= 0.6 is 11.6 Å². The lowest BCUT2D eigenvalue weighted by Crippen LogP contribution is -2.32.